The Balaban J connectivity index is 1.53. The summed E-state index contributed by atoms with van der Waals surface area (Å²) in [6.45, 7) is 2.40. The van der Waals surface area contributed by atoms with Crippen LogP contribution in [0.3, 0.4) is 0 Å². The van der Waals surface area contributed by atoms with Gasteiger partial charge in [0.2, 0.25) is 0 Å². The number of nitrogens with two attached hydrogens (primary N) is 1. The van der Waals surface area contributed by atoms with Gasteiger partial charge in [-0.3, -0.25) is 4.99 Å². The zero-order valence-corrected chi connectivity index (χ0v) is 15.5. The molecule has 0 aromatic carbocycles. The maximum Gasteiger partial charge on any atom is 0.127 e. The lowest BCUT2D eigenvalue weighted by Gasteiger charge is -2.42. The van der Waals surface area contributed by atoms with Crippen LogP contribution in [0.15, 0.2) is 4.99 Å². The van der Waals surface area contributed by atoms with Gasteiger partial charge in [0.1, 0.15) is 11.4 Å². The maximum absolute atomic E-state index is 11.5. The number of thioether (sulfide) groups is 1. The largest absolute Gasteiger partial charge is 0.385 e. The van der Waals surface area contributed by atoms with Gasteiger partial charge in [0.15, 0.2) is 0 Å². The van der Waals surface area contributed by atoms with Crippen molar-refractivity contribution in [3.8, 4) is 0 Å². The SMILES string of the molecule is CC1CSC2C(CC3(O)C(N)=NC4CCC(Cl)CC43)CCCC12. The average molecular weight is 357 g/mol. The molecule has 8 unspecified atom stereocenters. The van der Waals surface area contributed by atoms with E-state index in [0.717, 1.165) is 37.5 Å². The van der Waals surface area contributed by atoms with E-state index in [1.165, 1.54) is 25.0 Å². The number of hydrogen-bond acceptors (Lipinski definition) is 4. The van der Waals surface area contributed by atoms with E-state index >= 15 is 0 Å². The number of alkyl halides is 1. The van der Waals surface area contributed by atoms with Crippen LogP contribution < -0.4 is 5.73 Å². The van der Waals surface area contributed by atoms with E-state index in [4.69, 9.17) is 17.3 Å². The third kappa shape index (κ3) is 2.73. The van der Waals surface area contributed by atoms with E-state index in [2.05, 4.69) is 23.7 Å². The fraction of sp³-hybridized carbons (Fsp3) is 0.944. The van der Waals surface area contributed by atoms with Gasteiger partial charge in [-0.2, -0.15) is 11.8 Å². The van der Waals surface area contributed by atoms with Crippen molar-refractivity contribution in [3.63, 3.8) is 0 Å². The summed E-state index contributed by atoms with van der Waals surface area (Å²) in [5.74, 6) is 4.16. The predicted octanol–water partition coefficient (Wildman–Crippen LogP) is 3.42. The Morgan fingerprint density at radius 1 is 1.35 bits per heavy atom. The molecule has 0 spiro atoms. The van der Waals surface area contributed by atoms with Gasteiger partial charge < -0.3 is 10.8 Å². The highest BCUT2D eigenvalue weighted by Gasteiger charge is 2.54. The van der Waals surface area contributed by atoms with Crippen LogP contribution in [0.2, 0.25) is 0 Å². The van der Waals surface area contributed by atoms with Gasteiger partial charge in [-0.05, 0) is 62.0 Å². The Bertz CT molecular complexity index is 501. The van der Waals surface area contributed by atoms with Gasteiger partial charge in [-0.1, -0.05) is 13.3 Å². The van der Waals surface area contributed by atoms with E-state index in [1.54, 1.807) is 0 Å². The summed E-state index contributed by atoms with van der Waals surface area (Å²) >= 11 is 8.54. The van der Waals surface area contributed by atoms with Crippen LogP contribution in [0.1, 0.15) is 51.9 Å². The Labute approximate surface area is 148 Å². The molecular formula is C18H29ClN2OS. The van der Waals surface area contributed by atoms with E-state index in [-0.39, 0.29) is 17.3 Å². The molecule has 4 rings (SSSR count). The number of fused-ring (bicyclic) bond motifs is 2. The highest BCUT2D eigenvalue weighted by Crippen LogP contribution is 2.52. The first-order valence-corrected chi connectivity index (χ1v) is 10.8. The first kappa shape index (κ1) is 16.5. The standard InChI is InChI=1S/C18H29ClN2OS/c1-10-9-23-16-11(3-2-4-13(10)16)8-18(22)14-7-12(19)5-6-15(14)21-17(18)20/h10-16,22H,2-9H2,1H3,(H2,20,21). The fourth-order valence-electron chi connectivity index (χ4n) is 5.67. The number of hydrogen-bond donors (Lipinski definition) is 2. The van der Waals surface area contributed by atoms with E-state index in [0.29, 0.717) is 17.0 Å². The second kappa shape index (κ2) is 6.10. The van der Waals surface area contributed by atoms with Gasteiger partial charge in [0.05, 0.1) is 6.04 Å². The number of amidine groups is 1. The Morgan fingerprint density at radius 3 is 3.00 bits per heavy atom. The third-order valence-electron chi connectivity index (χ3n) is 6.97. The maximum atomic E-state index is 11.5. The molecule has 5 heteroatoms. The molecule has 2 saturated carbocycles. The minimum absolute atomic E-state index is 0.142. The molecule has 0 radical (unpaired) electrons. The van der Waals surface area contributed by atoms with E-state index in [1.807, 2.05) is 0 Å². The van der Waals surface area contributed by atoms with E-state index in [9.17, 15) is 5.11 Å². The van der Waals surface area contributed by atoms with Crippen LogP contribution >= 0.6 is 23.4 Å². The summed E-state index contributed by atoms with van der Waals surface area (Å²) in [6, 6.07) is 0.199. The fourth-order valence-corrected chi connectivity index (χ4v) is 7.92. The van der Waals surface area contributed by atoms with Gasteiger partial charge in [-0.15, -0.1) is 11.6 Å². The third-order valence-corrected chi connectivity index (χ3v) is 9.20. The molecule has 2 heterocycles. The van der Waals surface area contributed by atoms with E-state index < -0.39 is 5.60 Å². The molecule has 0 aromatic rings. The lowest BCUT2D eigenvalue weighted by atomic mass is 9.67. The minimum Gasteiger partial charge on any atom is -0.385 e. The van der Waals surface area contributed by atoms with Crippen LogP contribution in [0.5, 0.6) is 0 Å². The predicted molar refractivity (Wildman–Crippen MR) is 98.2 cm³/mol. The molecule has 2 aliphatic carbocycles. The van der Waals surface area contributed by atoms with Crippen LogP contribution in [0.25, 0.3) is 0 Å². The molecule has 8 atom stereocenters. The van der Waals surface area contributed by atoms with Crippen molar-refractivity contribution in [2.24, 2.45) is 34.4 Å². The molecule has 1 saturated heterocycles. The quantitative estimate of drug-likeness (QED) is 0.745. The molecule has 130 valence electrons. The van der Waals surface area contributed by atoms with Gasteiger partial charge in [0.25, 0.3) is 0 Å². The normalized spacial score (nSPS) is 52.8. The molecule has 2 aliphatic heterocycles. The monoisotopic (exact) mass is 356 g/mol. The summed E-state index contributed by atoms with van der Waals surface area (Å²) in [6.07, 6.45) is 7.54. The first-order chi connectivity index (χ1) is 11.0. The zero-order valence-electron chi connectivity index (χ0n) is 14.0. The van der Waals surface area contributed by atoms with Crippen molar-refractivity contribution in [1.82, 2.24) is 0 Å². The number of halogens is 1. The highest BCUT2D eigenvalue weighted by atomic mass is 35.5. The molecule has 0 aromatic heterocycles. The van der Waals surface area contributed by atoms with Crippen LogP contribution in [-0.2, 0) is 0 Å². The summed E-state index contributed by atoms with van der Waals surface area (Å²) in [4.78, 5) is 4.64. The molecular weight excluding hydrogens is 328 g/mol. The molecule has 0 amide bonds. The molecule has 3 fully saturated rings. The Kier molecular flexibility index (Phi) is 4.39. The Hall–Kier alpha value is 0.0700. The molecule has 23 heavy (non-hydrogen) atoms. The van der Waals surface area contributed by atoms with Crippen molar-refractivity contribution in [2.75, 3.05) is 5.75 Å². The van der Waals surface area contributed by atoms with Crippen molar-refractivity contribution in [3.05, 3.63) is 0 Å². The van der Waals surface area contributed by atoms with Crippen LogP contribution in [0, 0.1) is 23.7 Å². The van der Waals surface area contributed by atoms with Crippen molar-refractivity contribution >= 4 is 29.2 Å². The molecule has 3 nitrogen and oxygen atoms in total. The zero-order chi connectivity index (χ0) is 16.2. The minimum atomic E-state index is -0.906. The topological polar surface area (TPSA) is 58.6 Å². The van der Waals surface area contributed by atoms with Crippen molar-refractivity contribution in [2.45, 2.75) is 74.1 Å². The summed E-state index contributed by atoms with van der Waals surface area (Å²) < 4.78 is 0. The van der Waals surface area contributed by atoms with Crippen molar-refractivity contribution < 1.29 is 5.11 Å². The molecule has 4 aliphatic rings. The number of rotatable bonds is 2. The number of aliphatic hydroxyl groups is 1. The number of aliphatic imine (C=N–C) groups is 1. The molecule has 3 N–H and O–H groups in total. The smallest absolute Gasteiger partial charge is 0.127 e. The lowest BCUT2D eigenvalue weighted by molar-refractivity contribution is 0.00615. The average Bonchev–Trinajstić information content (AvgIpc) is 3.01. The van der Waals surface area contributed by atoms with Crippen LogP contribution in [-0.4, -0.2) is 39.0 Å². The van der Waals surface area contributed by atoms with Gasteiger partial charge >= 0.3 is 0 Å². The first-order valence-electron chi connectivity index (χ1n) is 9.31. The second-order valence-corrected chi connectivity index (χ2v) is 10.2. The number of nitrogens with zero attached hydrogens (tertiary/aromatic N) is 1. The van der Waals surface area contributed by atoms with Crippen molar-refractivity contribution in [1.29, 1.82) is 0 Å². The van der Waals surface area contributed by atoms with Gasteiger partial charge in [-0.25, -0.2) is 0 Å². The highest BCUT2D eigenvalue weighted by molar-refractivity contribution is 8.00. The second-order valence-electron chi connectivity index (χ2n) is 8.36. The Morgan fingerprint density at radius 2 is 2.17 bits per heavy atom. The van der Waals surface area contributed by atoms with Crippen LogP contribution in [0.4, 0.5) is 0 Å². The summed E-state index contributed by atoms with van der Waals surface area (Å²) in [7, 11) is 0. The van der Waals surface area contributed by atoms with Gasteiger partial charge in [0, 0.05) is 16.5 Å². The lowest BCUT2D eigenvalue weighted by Crippen LogP contribution is -2.52. The summed E-state index contributed by atoms with van der Waals surface area (Å²) in [5, 5.41) is 12.4. The summed E-state index contributed by atoms with van der Waals surface area (Å²) in [5.41, 5.74) is 5.34. The molecule has 0 bridgehead atoms.